The van der Waals surface area contributed by atoms with E-state index in [1.807, 2.05) is 38.2 Å². The minimum atomic E-state index is -0.0875. The van der Waals surface area contributed by atoms with Crippen LogP contribution in [0.3, 0.4) is 0 Å². The molecule has 5 nitrogen and oxygen atoms in total. The summed E-state index contributed by atoms with van der Waals surface area (Å²) < 4.78 is 6.40. The predicted molar refractivity (Wildman–Crippen MR) is 112 cm³/mol. The van der Waals surface area contributed by atoms with Gasteiger partial charge in [0.05, 0.1) is 19.3 Å². The standard InChI is InChI=1S/C21H26BrN3O2/c1-16(19-5-3-4-6-20(19)22)23-21(26)24(2)15-17-7-9-18(10-8-17)25-11-13-27-14-12-25/h3-10,16H,11-15H2,1-2H3,(H,23,26). The zero-order chi connectivity index (χ0) is 19.2. The first-order valence-corrected chi connectivity index (χ1v) is 10.0. The number of carbonyl (C=O) groups is 1. The van der Waals surface area contributed by atoms with Crippen LogP contribution in [0.5, 0.6) is 0 Å². The summed E-state index contributed by atoms with van der Waals surface area (Å²) in [5.74, 6) is 0. The van der Waals surface area contributed by atoms with Crippen molar-refractivity contribution in [2.45, 2.75) is 19.5 Å². The highest BCUT2D eigenvalue weighted by atomic mass is 79.9. The highest BCUT2D eigenvalue weighted by molar-refractivity contribution is 9.10. The van der Waals surface area contributed by atoms with E-state index in [0.717, 1.165) is 41.9 Å². The first-order valence-electron chi connectivity index (χ1n) is 9.22. The van der Waals surface area contributed by atoms with Crippen LogP contribution in [0.15, 0.2) is 53.0 Å². The summed E-state index contributed by atoms with van der Waals surface area (Å²) in [6, 6.07) is 16.2. The minimum Gasteiger partial charge on any atom is -0.378 e. The topological polar surface area (TPSA) is 44.8 Å². The quantitative estimate of drug-likeness (QED) is 0.771. The third kappa shape index (κ3) is 5.23. The monoisotopic (exact) mass is 431 g/mol. The molecule has 1 aliphatic heterocycles. The van der Waals surface area contributed by atoms with Crippen molar-refractivity contribution in [3.05, 3.63) is 64.1 Å². The predicted octanol–water partition coefficient (Wildman–Crippen LogP) is 4.19. The van der Waals surface area contributed by atoms with E-state index in [-0.39, 0.29) is 12.1 Å². The lowest BCUT2D eigenvalue weighted by atomic mass is 10.1. The van der Waals surface area contributed by atoms with Gasteiger partial charge in [0, 0.05) is 36.8 Å². The Balaban J connectivity index is 1.55. The Morgan fingerprint density at radius 2 is 1.85 bits per heavy atom. The Bertz CT molecular complexity index is 760. The molecular formula is C21H26BrN3O2. The van der Waals surface area contributed by atoms with Gasteiger partial charge in [-0.1, -0.05) is 46.3 Å². The molecule has 0 bridgehead atoms. The number of nitrogens with one attached hydrogen (secondary N) is 1. The second kappa shape index (κ2) is 9.24. The zero-order valence-corrected chi connectivity index (χ0v) is 17.4. The molecule has 2 aromatic carbocycles. The van der Waals surface area contributed by atoms with Crippen molar-refractivity contribution in [2.24, 2.45) is 0 Å². The van der Waals surface area contributed by atoms with Gasteiger partial charge in [0.1, 0.15) is 0 Å². The van der Waals surface area contributed by atoms with Crippen LogP contribution in [-0.2, 0) is 11.3 Å². The Morgan fingerprint density at radius 3 is 2.52 bits per heavy atom. The number of ether oxygens (including phenoxy) is 1. The maximum Gasteiger partial charge on any atom is 0.317 e. The van der Waals surface area contributed by atoms with Crippen LogP contribution in [-0.4, -0.2) is 44.3 Å². The number of morpholine rings is 1. The number of nitrogens with zero attached hydrogens (tertiary/aromatic N) is 2. The van der Waals surface area contributed by atoms with Crippen molar-refractivity contribution in [1.29, 1.82) is 0 Å². The zero-order valence-electron chi connectivity index (χ0n) is 15.8. The fraction of sp³-hybridized carbons (Fsp3) is 0.381. The van der Waals surface area contributed by atoms with E-state index in [2.05, 4.69) is 50.4 Å². The summed E-state index contributed by atoms with van der Waals surface area (Å²) >= 11 is 3.54. The molecule has 1 N–H and O–H groups in total. The highest BCUT2D eigenvalue weighted by Gasteiger charge is 2.16. The van der Waals surface area contributed by atoms with Gasteiger partial charge in [-0.3, -0.25) is 0 Å². The number of anilines is 1. The van der Waals surface area contributed by atoms with E-state index in [1.165, 1.54) is 5.69 Å². The number of carbonyl (C=O) groups excluding carboxylic acids is 1. The normalized spacial score (nSPS) is 15.3. The number of urea groups is 1. The van der Waals surface area contributed by atoms with Crippen LogP contribution in [0.1, 0.15) is 24.1 Å². The lowest BCUT2D eigenvalue weighted by Crippen LogP contribution is -2.38. The molecule has 0 spiro atoms. The highest BCUT2D eigenvalue weighted by Crippen LogP contribution is 2.23. The van der Waals surface area contributed by atoms with E-state index in [0.29, 0.717) is 6.54 Å². The average molecular weight is 432 g/mol. The molecule has 27 heavy (non-hydrogen) atoms. The number of rotatable bonds is 5. The molecule has 2 amide bonds. The Hall–Kier alpha value is -2.05. The summed E-state index contributed by atoms with van der Waals surface area (Å²) in [7, 11) is 1.82. The third-order valence-corrected chi connectivity index (χ3v) is 5.51. The van der Waals surface area contributed by atoms with Gasteiger partial charge in [0.15, 0.2) is 0 Å². The lowest BCUT2D eigenvalue weighted by Gasteiger charge is -2.29. The summed E-state index contributed by atoms with van der Waals surface area (Å²) in [5, 5.41) is 3.05. The number of benzene rings is 2. The fourth-order valence-electron chi connectivity index (χ4n) is 3.18. The van der Waals surface area contributed by atoms with Crippen LogP contribution < -0.4 is 10.2 Å². The van der Waals surface area contributed by atoms with Gasteiger partial charge in [-0.15, -0.1) is 0 Å². The van der Waals surface area contributed by atoms with E-state index in [1.54, 1.807) is 4.90 Å². The van der Waals surface area contributed by atoms with Gasteiger partial charge in [-0.2, -0.15) is 0 Å². The minimum absolute atomic E-state index is 0.0702. The SMILES string of the molecule is CC(NC(=O)N(C)Cc1ccc(N2CCOCC2)cc1)c1ccccc1Br. The number of halogens is 1. The molecule has 2 aromatic rings. The van der Waals surface area contributed by atoms with Gasteiger partial charge in [0.25, 0.3) is 0 Å². The average Bonchev–Trinajstić information content (AvgIpc) is 2.69. The molecule has 1 saturated heterocycles. The van der Waals surface area contributed by atoms with Crippen LogP contribution in [0, 0.1) is 0 Å². The van der Waals surface area contributed by atoms with Gasteiger partial charge < -0.3 is 19.9 Å². The molecule has 1 aliphatic rings. The largest absolute Gasteiger partial charge is 0.378 e. The first kappa shape index (κ1) is 19.7. The lowest BCUT2D eigenvalue weighted by molar-refractivity contribution is 0.122. The molecule has 0 aromatic heterocycles. The van der Waals surface area contributed by atoms with Crippen LogP contribution in [0.25, 0.3) is 0 Å². The van der Waals surface area contributed by atoms with E-state index < -0.39 is 0 Å². The number of amides is 2. The van der Waals surface area contributed by atoms with Crippen molar-refractivity contribution in [2.75, 3.05) is 38.3 Å². The van der Waals surface area contributed by atoms with Crippen molar-refractivity contribution >= 4 is 27.6 Å². The second-order valence-corrected chi connectivity index (χ2v) is 7.67. The Morgan fingerprint density at radius 1 is 1.19 bits per heavy atom. The van der Waals surface area contributed by atoms with Crippen LogP contribution >= 0.6 is 15.9 Å². The van der Waals surface area contributed by atoms with Gasteiger partial charge >= 0.3 is 6.03 Å². The Labute approximate surface area is 169 Å². The van der Waals surface area contributed by atoms with E-state index in [9.17, 15) is 4.79 Å². The molecule has 1 fully saturated rings. The van der Waals surface area contributed by atoms with Gasteiger partial charge in [0.2, 0.25) is 0 Å². The van der Waals surface area contributed by atoms with Crippen molar-refractivity contribution < 1.29 is 9.53 Å². The van der Waals surface area contributed by atoms with Crippen molar-refractivity contribution in [3.8, 4) is 0 Å². The van der Waals surface area contributed by atoms with Crippen LogP contribution in [0.4, 0.5) is 10.5 Å². The molecular weight excluding hydrogens is 406 g/mol. The summed E-state index contributed by atoms with van der Waals surface area (Å²) in [4.78, 5) is 16.6. The number of hydrogen-bond donors (Lipinski definition) is 1. The molecule has 6 heteroatoms. The Kier molecular flexibility index (Phi) is 6.74. The maximum absolute atomic E-state index is 12.5. The maximum atomic E-state index is 12.5. The van der Waals surface area contributed by atoms with Gasteiger partial charge in [-0.05, 0) is 36.2 Å². The van der Waals surface area contributed by atoms with Crippen molar-refractivity contribution in [1.82, 2.24) is 10.2 Å². The van der Waals surface area contributed by atoms with E-state index in [4.69, 9.17) is 4.74 Å². The molecule has 3 rings (SSSR count). The second-order valence-electron chi connectivity index (χ2n) is 6.81. The molecule has 0 radical (unpaired) electrons. The molecule has 0 saturated carbocycles. The smallest absolute Gasteiger partial charge is 0.317 e. The molecule has 1 atom stereocenters. The molecule has 1 heterocycles. The molecule has 1 unspecified atom stereocenters. The summed E-state index contributed by atoms with van der Waals surface area (Å²) in [6.45, 7) is 5.96. The molecule has 144 valence electrons. The summed E-state index contributed by atoms with van der Waals surface area (Å²) in [5.41, 5.74) is 3.38. The van der Waals surface area contributed by atoms with Gasteiger partial charge in [-0.25, -0.2) is 4.79 Å². The number of hydrogen-bond acceptors (Lipinski definition) is 3. The third-order valence-electron chi connectivity index (χ3n) is 4.79. The van der Waals surface area contributed by atoms with Crippen LogP contribution in [0.2, 0.25) is 0 Å². The first-order chi connectivity index (χ1) is 13.0. The fourth-order valence-corrected chi connectivity index (χ4v) is 3.81. The summed E-state index contributed by atoms with van der Waals surface area (Å²) in [6.07, 6.45) is 0. The van der Waals surface area contributed by atoms with E-state index >= 15 is 0 Å². The molecule has 0 aliphatic carbocycles. The van der Waals surface area contributed by atoms with Crippen molar-refractivity contribution in [3.63, 3.8) is 0 Å².